The standard InChI is InChI=1S/C15H18N4O2S/c1-4-9-19-14(11-5-7-12(21-3)8-6-11)17-18-15(19)22-10(2)13(16)20/h4-8,10H,1,9H2,2-3H3,(H2,16,20)/t10-/m0/s1. The molecule has 0 aliphatic rings. The van der Waals surface area contributed by atoms with Gasteiger partial charge in [-0.25, -0.2) is 0 Å². The Labute approximate surface area is 133 Å². The molecule has 0 bridgehead atoms. The van der Waals surface area contributed by atoms with E-state index < -0.39 is 0 Å². The maximum absolute atomic E-state index is 11.2. The molecule has 22 heavy (non-hydrogen) atoms. The topological polar surface area (TPSA) is 83.0 Å². The lowest BCUT2D eigenvalue weighted by Gasteiger charge is -2.10. The summed E-state index contributed by atoms with van der Waals surface area (Å²) in [6, 6.07) is 7.55. The Kier molecular flexibility index (Phi) is 5.21. The van der Waals surface area contributed by atoms with Crippen molar-refractivity contribution >= 4 is 17.7 Å². The Morgan fingerprint density at radius 2 is 2.14 bits per heavy atom. The Morgan fingerprint density at radius 1 is 1.45 bits per heavy atom. The first-order chi connectivity index (χ1) is 10.6. The van der Waals surface area contributed by atoms with Gasteiger partial charge in [-0.2, -0.15) is 0 Å². The number of rotatable bonds is 7. The number of amides is 1. The van der Waals surface area contributed by atoms with Crippen LogP contribution in [0.4, 0.5) is 0 Å². The molecule has 6 nitrogen and oxygen atoms in total. The minimum Gasteiger partial charge on any atom is -0.497 e. The van der Waals surface area contributed by atoms with Crippen LogP contribution in [0.1, 0.15) is 6.92 Å². The van der Waals surface area contributed by atoms with Gasteiger partial charge in [0, 0.05) is 12.1 Å². The van der Waals surface area contributed by atoms with Crippen molar-refractivity contribution < 1.29 is 9.53 Å². The zero-order valence-electron chi connectivity index (χ0n) is 12.5. The first kappa shape index (κ1) is 16.1. The predicted molar refractivity (Wildman–Crippen MR) is 86.7 cm³/mol. The van der Waals surface area contributed by atoms with E-state index in [9.17, 15) is 4.79 Å². The van der Waals surface area contributed by atoms with Crippen LogP contribution in [0.3, 0.4) is 0 Å². The van der Waals surface area contributed by atoms with E-state index in [0.29, 0.717) is 17.5 Å². The molecule has 2 N–H and O–H groups in total. The van der Waals surface area contributed by atoms with Gasteiger partial charge in [0.2, 0.25) is 5.91 Å². The van der Waals surface area contributed by atoms with Crippen molar-refractivity contribution in [2.45, 2.75) is 23.9 Å². The van der Waals surface area contributed by atoms with Crippen molar-refractivity contribution in [2.24, 2.45) is 5.73 Å². The summed E-state index contributed by atoms with van der Waals surface area (Å²) in [5.41, 5.74) is 6.22. The van der Waals surface area contributed by atoms with Crippen LogP contribution >= 0.6 is 11.8 Å². The number of nitrogens with zero attached hydrogens (tertiary/aromatic N) is 3. The third kappa shape index (κ3) is 3.48. The Bertz CT molecular complexity index is 667. The molecule has 1 aromatic carbocycles. The van der Waals surface area contributed by atoms with Crippen molar-refractivity contribution in [1.82, 2.24) is 14.8 Å². The highest BCUT2D eigenvalue weighted by Gasteiger charge is 2.18. The molecular weight excluding hydrogens is 300 g/mol. The molecule has 0 saturated carbocycles. The lowest BCUT2D eigenvalue weighted by atomic mass is 10.2. The molecule has 1 heterocycles. The summed E-state index contributed by atoms with van der Waals surface area (Å²) in [6.45, 7) is 6.04. The molecule has 1 aromatic heterocycles. The Morgan fingerprint density at radius 3 is 2.68 bits per heavy atom. The van der Waals surface area contributed by atoms with E-state index in [1.807, 2.05) is 28.8 Å². The fourth-order valence-electron chi connectivity index (χ4n) is 1.84. The highest BCUT2D eigenvalue weighted by Crippen LogP contribution is 2.27. The number of allylic oxidation sites excluding steroid dienone is 1. The number of thioether (sulfide) groups is 1. The van der Waals surface area contributed by atoms with Crippen LogP contribution in [-0.4, -0.2) is 33.0 Å². The smallest absolute Gasteiger partial charge is 0.230 e. The van der Waals surface area contributed by atoms with Gasteiger partial charge in [-0.1, -0.05) is 17.8 Å². The van der Waals surface area contributed by atoms with Crippen LogP contribution in [-0.2, 0) is 11.3 Å². The Hall–Kier alpha value is -2.28. The summed E-state index contributed by atoms with van der Waals surface area (Å²) in [5, 5.41) is 8.65. The molecule has 0 saturated heterocycles. The van der Waals surface area contributed by atoms with Crippen molar-refractivity contribution in [3.05, 3.63) is 36.9 Å². The summed E-state index contributed by atoms with van der Waals surface area (Å²) >= 11 is 1.28. The van der Waals surface area contributed by atoms with Crippen LogP contribution < -0.4 is 10.5 Å². The molecule has 7 heteroatoms. The molecule has 0 radical (unpaired) electrons. The van der Waals surface area contributed by atoms with E-state index in [4.69, 9.17) is 10.5 Å². The molecule has 0 aliphatic carbocycles. The molecule has 1 atom stereocenters. The van der Waals surface area contributed by atoms with E-state index in [1.165, 1.54) is 11.8 Å². The van der Waals surface area contributed by atoms with Gasteiger partial charge in [-0.15, -0.1) is 16.8 Å². The van der Waals surface area contributed by atoms with Crippen molar-refractivity contribution in [3.63, 3.8) is 0 Å². The zero-order chi connectivity index (χ0) is 16.1. The van der Waals surface area contributed by atoms with Crippen LogP contribution in [0.25, 0.3) is 11.4 Å². The lowest BCUT2D eigenvalue weighted by molar-refractivity contribution is -0.117. The second-order valence-electron chi connectivity index (χ2n) is 4.60. The second kappa shape index (κ2) is 7.13. The molecule has 2 rings (SSSR count). The van der Waals surface area contributed by atoms with Gasteiger partial charge in [0.1, 0.15) is 5.75 Å². The zero-order valence-corrected chi connectivity index (χ0v) is 13.3. The average molecular weight is 318 g/mol. The minimum atomic E-state index is -0.385. The third-order valence-electron chi connectivity index (χ3n) is 3.06. The number of methoxy groups -OCH3 is 1. The summed E-state index contributed by atoms with van der Waals surface area (Å²) in [5.74, 6) is 1.10. The predicted octanol–water partition coefficient (Wildman–Crippen LogP) is 2.11. The quantitative estimate of drug-likeness (QED) is 0.624. The summed E-state index contributed by atoms with van der Waals surface area (Å²) in [7, 11) is 1.62. The molecule has 1 amide bonds. The first-order valence-corrected chi connectivity index (χ1v) is 7.59. The van der Waals surface area contributed by atoms with Crippen LogP contribution in [0.15, 0.2) is 42.1 Å². The highest BCUT2D eigenvalue weighted by molar-refractivity contribution is 8.00. The van der Waals surface area contributed by atoms with E-state index >= 15 is 0 Å². The van der Waals surface area contributed by atoms with Crippen molar-refractivity contribution in [1.29, 1.82) is 0 Å². The van der Waals surface area contributed by atoms with Gasteiger partial charge < -0.3 is 10.5 Å². The number of benzene rings is 1. The molecule has 116 valence electrons. The van der Waals surface area contributed by atoms with E-state index in [0.717, 1.165) is 11.3 Å². The van der Waals surface area contributed by atoms with Gasteiger partial charge in [-0.05, 0) is 31.2 Å². The first-order valence-electron chi connectivity index (χ1n) is 6.71. The fraction of sp³-hybridized carbons (Fsp3) is 0.267. The number of carbonyl (C=O) groups excluding carboxylic acids is 1. The van der Waals surface area contributed by atoms with Crippen molar-refractivity contribution in [3.8, 4) is 17.1 Å². The van der Waals surface area contributed by atoms with Crippen LogP contribution in [0.5, 0.6) is 5.75 Å². The number of ether oxygens (including phenoxy) is 1. The van der Waals surface area contributed by atoms with Gasteiger partial charge in [0.05, 0.1) is 12.4 Å². The monoisotopic (exact) mass is 318 g/mol. The van der Waals surface area contributed by atoms with E-state index in [-0.39, 0.29) is 11.2 Å². The maximum Gasteiger partial charge on any atom is 0.230 e. The summed E-state index contributed by atoms with van der Waals surface area (Å²) in [4.78, 5) is 11.2. The molecule has 0 fully saturated rings. The highest BCUT2D eigenvalue weighted by atomic mass is 32.2. The third-order valence-corrected chi connectivity index (χ3v) is 4.16. The van der Waals surface area contributed by atoms with Crippen LogP contribution in [0.2, 0.25) is 0 Å². The average Bonchev–Trinajstić information content (AvgIpc) is 2.90. The van der Waals surface area contributed by atoms with Gasteiger partial charge in [-0.3, -0.25) is 9.36 Å². The number of hydrogen-bond donors (Lipinski definition) is 1. The largest absolute Gasteiger partial charge is 0.497 e. The number of nitrogens with two attached hydrogens (primary N) is 1. The molecule has 2 aromatic rings. The van der Waals surface area contributed by atoms with Crippen molar-refractivity contribution in [2.75, 3.05) is 7.11 Å². The lowest BCUT2D eigenvalue weighted by Crippen LogP contribution is -2.23. The molecule has 0 spiro atoms. The Balaban J connectivity index is 2.36. The minimum absolute atomic E-state index is 0.378. The second-order valence-corrected chi connectivity index (χ2v) is 5.90. The maximum atomic E-state index is 11.2. The van der Waals surface area contributed by atoms with E-state index in [1.54, 1.807) is 20.1 Å². The summed E-state index contributed by atoms with van der Waals surface area (Å²) in [6.07, 6.45) is 1.76. The number of primary amides is 1. The molecule has 0 aliphatic heterocycles. The van der Waals surface area contributed by atoms with E-state index in [2.05, 4.69) is 16.8 Å². The fourth-order valence-corrected chi connectivity index (χ4v) is 2.65. The number of aromatic nitrogens is 3. The van der Waals surface area contributed by atoms with Gasteiger partial charge in [0.25, 0.3) is 0 Å². The molecular formula is C15H18N4O2S. The van der Waals surface area contributed by atoms with Gasteiger partial charge >= 0.3 is 0 Å². The SMILES string of the molecule is C=CCn1c(S[C@@H](C)C(N)=O)nnc1-c1ccc(OC)cc1. The van der Waals surface area contributed by atoms with Gasteiger partial charge in [0.15, 0.2) is 11.0 Å². The number of carbonyl (C=O) groups is 1. The number of hydrogen-bond acceptors (Lipinski definition) is 5. The summed E-state index contributed by atoms with van der Waals surface area (Å²) < 4.78 is 7.05. The van der Waals surface area contributed by atoms with Crippen LogP contribution in [0, 0.1) is 0 Å². The normalized spacial score (nSPS) is 11.9. The molecule has 0 unspecified atom stereocenters.